The molecule has 0 aliphatic carbocycles. The Balaban J connectivity index is 1.52. The van der Waals surface area contributed by atoms with E-state index in [0.717, 1.165) is 58.1 Å². The molecular formula is C25H26N8. The molecule has 4 aromatic heterocycles. The van der Waals surface area contributed by atoms with E-state index in [1.54, 1.807) is 0 Å². The lowest BCUT2D eigenvalue weighted by Gasteiger charge is -2.11. The fourth-order valence-corrected chi connectivity index (χ4v) is 3.93. The average molecular weight is 439 g/mol. The minimum atomic E-state index is 0.698. The molecule has 1 N–H and O–H groups in total. The van der Waals surface area contributed by atoms with Crippen LogP contribution in [0, 0.1) is 13.8 Å². The first-order valence-electron chi connectivity index (χ1n) is 11.1. The number of aryl methyl sites for hydroxylation is 4. The SMILES string of the molecule is CCc1ccc(-n2cnc3cc(Nc4ccc(C)nn4)ccc32)nc1-c1cn(CC)nc1C. The highest BCUT2D eigenvalue weighted by Gasteiger charge is 2.15. The number of hydrogen-bond acceptors (Lipinski definition) is 6. The third-order valence-electron chi connectivity index (χ3n) is 5.73. The van der Waals surface area contributed by atoms with Crippen molar-refractivity contribution in [1.29, 1.82) is 0 Å². The van der Waals surface area contributed by atoms with Gasteiger partial charge in [0.1, 0.15) is 12.1 Å². The molecule has 0 aliphatic rings. The predicted molar refractivity (Wildman–Crippen MR) is 130 cm³/mol. The van der Waals surface area contributed by atoms with Crippen LogP contribution in [0.5, 0.6) is 0 Å². The van der Waals surface area contributed by atoms with Gasteiger partial charge < -0.3 is 5.32 Å². The Morgan fingerprint density at radius 1 is 0.970 bits per heavy atom. The first kappa shape index (κ1) is 20.8. The standard InChI is InChI=1S/C25H26N8/c1-5-18-8-12-24(28-25(18)20-14-32(6-2)31-17(20)4)33-15-26-21-13-19(9-10-22(21)33)27-23-11-7-16(3)29-30-23/h7-15H,5-6H2,1-4H3,(H,27,30). The predicted octanol–water partition coefficient (Wildman–Crippen LogP) is 5.02. The summed E-state index contributed by atoms with van der Waals surface area (Å²) in [7, 11) is 0. The molecule has 0 aliphatic heterocycles. The molecule has 0 amide bonds. The maximum Gasteiger partial charge on any atom is 0.153 e. The second kappa shape index (κ2) is 8.46. The first-order valence-corrected chi connectivity index (χ1v) is 11.1. The highest BCUT2D eigenvalue weighted by Crippen LogP contribution is 2.28. The summed E-state index contributed by atoms with van der Waals surface area (Å²) < 4.78 is 3.98. The Bertz CT molecular complexity index is 1430. The third-order valence-corrected chi connectivity index (χ3v) is 5.73. The minimum Gasteiger partial charge on any atom is -0.339 e. The number of anilines is 2. The van der Waals surface area contributed by atoms with Gasteiger partial charge in [0.2, 0.25) is 0 Å². The van der Waals surface area contributed by atoms with E-state index in [9.17, 15) is 0 Å². The van der Waals surface area contributed by atoms with Crippen LogP contribution in [-0.4, -0.2) is 34.5 Å². The Morgan fingerprint density at radius 3 is 2.58 bits per heavy atom. The van der Waals surface area contributed by atoms with Crippen LogP contribution >= 0.6 is 0 Å². The zero-order valence-corrected chi connectivity index (χ0v) is 19.2. The largest absolute Gasteiger partial charge is 0.339 e. The molecule has 0 unspecified atom stereocenters. The van der Waals surface area contributed by atoms with E-state index in [1.807, 2.05) is 59.8 Å². The molecule has 5 rings (SSSR count). The molecular weight excluding hydrogens is 412 g/mol. The number of pyridine rings is 1. The Labute approximate surface area is 192 Å². The van der Waals surface area contributed by atoms with E-state index in [-0.39, 0.29) is 0 Å². The lowest BCUT2D eigenvalue weighted by Crippen LogP contribution is -2.01. The van der Waals surface area contributed by atoms with Crippen molar-refractivity contribution < 1.29 is 0 Å². The second-order valence-corrected chi connectivity index (χ2v) is 8.02. The quantitative estimate of drug-likeness (QED) is 0.401. The lowest BCUT2D eigenvalue weighted by molar-refractivity contribution is 0.653. The van der Waals surface area contributed by atoms with Crippen molar-refractivity contribution in [2.45, 2.75) is 40.7 Å². The summed E-state index contributed by atoms with van der Waals surface area (Å²) in [6.07, 6.45) is 4.81. The van der Waals surface area contributed by atoms with Gasteiger partial charge in [-0.25, -0.2) is 9.97 Å². The van der Waals surface area contributed by atoms with Crippen molar-refractivity contribution in [3.05, 3.63) is 71.9 Å². The number of imidazole rings is 1. The first-order chi connectivity index (χ1) is 16.1. The molecule has 5 aromatic rings. The Morgan fingerprint density at radius 2 is 1.85 bits per heavy atom. The van der Waals surface area contributed by atoms with Crippen LogP contribution in [0.3, 0.4) is 0 Å². The number of nitrogens with one attached hydrogen (secondary N) is 1. The zero-order valence-electron chi connectivity index (χ0n) is 19.2. The topological polar surface area (TPSA) is 86.3 Å². The lowest BCUT2D eigenvalue weighted by atomic mass is 10.0. The molecule has 0 radical (unpaired) electrons. The molecule has 0 fully saturated rings. The summed E-state index contributed by atoms with van der Waals surface area (Å²) in [6.45, 7) is 9.03. The number of nitrogens with zero attached hydrogens (tertiary/aromatic N) is 7. The highest BCUT2D eigenvalue weighted by atomic mass is 15.3. The summed E-state index contributed by atoms with van der Waals surface area (Å²) in [5, 5.41) is 16.2. The van der Waals surface area contributed by atoms with Gasteiger partial charge in [-0.2, -0.15) is 10.2 Å². The van der Waals surface area contributed by atoms with Crippen molar-refractivity contribution in [3.8, 4) is 17.1 Å². The molecule has 0 saturated heterocycles. The van der Waals surface area contributed by atoms with E-state index in [4.69, 9.17) is 4.98 Å². The second-order valence-electron chi connectivity index (χ2n) is 8.02. The summed E-state index contributed by atoms with van der Waals surface area (Å²) in [5.74, 6) is 1.53. The van der Waals surface area contributed by atoms with E-state index in [2.05, 4.69) is 57.8 Å². The molecule has 166 valence electrons. The van der Waals surface area contributed by atoms with E-state index < -0.39 is 0 Å². The molecule has 1 aromatic carbocycles. The molecule has 8 heteroatoms. The zero-order chi connectivity index (χ0) is 22.9. The summed E-state index contributed by atoms with van der Waals surface area (Å²) in [4.78, 5) is 9.67. The molecule has 0 bridgehead atoms. The normalized spacial score (nSPS) is 11.3. The van der Waals surface area contributed by atoms with E-state index in [1.165, 1.54) is 5.56 Å². The van der Waals surface area contributed by atoms with E-state index in [0.29, 0.717) is 5.82 Å². The summed E-state index contributed by atoms with van der Waals surface area (Å²) in [5.41, 5.74) is 7.89. The van der Waals surface area contributed by atoms with Crippen molar-refractivity contribution in [3.63, 3.8) is 0 Å². The number of rotatable bonds is 6. The van der Waals surface area contributed by atoms with Crippen LogP contribution in [0.15, 0.2) is 55.0 Å². The number of benzene rings is 1. The fraction of sp³-hybridized carbons (Fsp3) is 0.240. The van der Waals surface area contributed by atoms with Gasteiger partial charge in [0.25, 0.3) is 0 Å². The summed E-state index contributed by atoms with van der Waals surface area (Å²) >= 11 is 0. The van der Waals surface area contributed by atoms with Crippen LogP contribution < -0.4 is 5.32 Å². The van der Waals surface area contributed by atoms with Gasteiger partial charge in [-0.1, -0.05) is 13.0 Å². The van der Waals surface area contributed by atoms with Crippen molar-refractivity contribution in [2.24, 2.45) is 0 Å². The maximum absolute atomic E-state index is 5.05. The molecule has 8 nitrogen and oxygen atoms in total. The van der Waals surface area contributed by atoms with Crippen LogP contribution in [0.4, 0.5) is 11.5 Å². The number of fused-ring (bicyclic) bond motifs is 1. The number of hydrogen-bond donors (Lipinski definition) is 1. The Kier molecular flexibility index (Phi) is 5.34. The molecule has 4 heterocycles. The van der Waals surface area contributed by atoms with Crippen molar-refractivity contribution in [1.82, 2.24) is 34.5 Å². The van der Waals surface area contributed by atoms with Gasteiger partial charge in [-0.3, -0.25) is 9.25 Å². The van der Waals surface area contributed by atoms with Crippen molar-refractivity contribution in [2.75, 3.05) is 5.32 Å². The smallest absolute Gasteiger partial charge is 0.153 e. The average Bonchev–Trinajstić information content (AvgIpc) is 3.43. The van der Waals surface area contributed by atoms with Crippen LogP contribution in [0.2, 0.25) is 0 Å². The van der Waals surface area contributed by atoms with Gasteiger partial charge in [-0.15, -0.1) is 5.10 Å². The van der Waals surface area contributed by atoms with Crippen LogP contribution in [-0.2, 0) is 13.0 Å². The van der Waals surface area contributed by atoms with Crippen LogP contribution in [0.1, 0.15) is 30.8 Å². The van der Waals surface area contributed by atoms with Gasteiger partial charge in [0.15, 0.2) is 5.82 Å². The number of aromatic nitrogens is 7. The van der Waals surface area contributed by atoms with Gasteiger partial charge in [0.05, 0.1) is 28.1 Å². The van der Waals surface area contributed by atoms with Crippen molar-refractivity contribution >= 4 is 22.5 Å². The fourth-order valence-electron chi connectivity index (χ4n) is 3.93. The minimum absolute atomic E-state index is 0.698. The Hall–Kier alpha value is -4.07. The third kappa shape index (κ3) is 3.95. The monoisotopic (exact) mass is 438 g/mol. The van der Waals surface area contributed by atoms with Gasteiger partial charge >= 0.3 is 0 Å². The maximum atomic E-state index is 5.05. The van der Waals surface area contributed by atoms with Gasteiger partial charge in [0, 0.05) is 24.0 Å². The van der Waals surface area contributed by atoms with Crippen LogP contribution in [0.25, 0.3) is 28.1 Å². The molecule has 33 heavy (non-hydrogen) atoms. The van der Waals surface area contributed by atoms with Gasteiger partial charge in [-0.05, 0) is 69.2 Å². The molecule has 0 saturated carbocycles. The highest BCUT2D eigenvalue weighted by molar-refractivity contribution is 5.82. The molecule has 0 atom stereocenters. The summed E-state index contributed by atoms with van der Waals surface area (Å²) in [6, 6.07) is 14.1. The molecule has 0 spiro atoms. The van der Waals surface area contributed by atoms with E-state index >= 15 is 0 Å².